The van der Waals surface area contributed by atoms with E-state index in [1.807, 2.05) is 19.9 Å². The lowest BCUT2D eigenvalue weighted by Gasteiger charge is -2.16. The largest absolute Gasteiger partial charge is 0.383 e. The number of rotatable bonds is 4. The third-order valence-electron chi connectivity index (χ3n) is 2.03. The highest BCUT2D eigenvalue weighted by atomic mass is 19.1. The number of ether oxygens (including phenoxy) is 1. The number of anilines is 1. The average Bonchev–Trinajstić information content (AvgIpc) is 2.12. The SMILES string of the molecule is COCC(C)Nc1c(C)cccc1F. The summed E-state index contributed by atoms with van der Waals surface area (Å²) in [7, 11) is 1.63. The van der Waals surface area contributed by atoms with Crippen LogP contribution >= 0.6 is 0 Å². The Morgan fingerprint density at radius 1 is 1.50 bits per heavy atom. The lowest BCUT2D eigenvalue weighted by atomic mass is 10.2. The van der Waals surface area contributed by atoms with Gasteiger partial charge in [-0.05, 0) is 25.5 Å². The first-order chi connectivity index (χ1) is 6.65. The Labute approximate surface area is 84.1 Å². The molecule has 0 aliphatic rings. The summed E-state index contributed by atoms with van der Waals surface area (Å²) in [6.07, 6.45) is 0. The van der Waals surface area contributed by atoms with Crippen molar-refractivity contribution in [2.24, 2.45) is 0 Å². The zero-order valence-corrected chi connectivity index (χ0v) is 8.80. The zero-order valence-electron chi connectivity index (χ0n) is 8.80. The zero-order chi connectivity index (χ0) is 10.6. The molecule has 0 saturated heterocycles. The summed E-state index contributed by atoms with van der Waals surface area (Å²) in [5.41, 5.74) is 1.48. The fraction of sp³-hybridized carbons (Fsp3) is 0.455. The van der Waals surface area contributed by atoms with Gasteiger partial charge in [0.05, 0.1) is 12.3 Å². The molecular weight excluding hydrogens is 181 g/mol. The first-order valence-corrected chi connectivity index (χ1v) is 4.65. The molecule has 0 bridgehead atoms. The van der Waals surface area contributed by atoms with Crippen molar-refractivity contribution in [3.63, 3.8) is 0 Å². The summed E-state index contributed by atoms with van der Waals surface area (Å²) in [5.74, 6) is -0.215. The number of nitrogens with one attached hydrogen (secondary N) is 1. The molecule has 1 unspecified atom stereocenters. The number of aryl methyl sites for hydroxylation is 1. The summed E-state index contributed by atoms with van der Waals surface area (Å²) in [4.78, 5) is 0. The number of halogens is 1. The summed E-state index contributed by atoms with van der Waals surface area (Å²) >= 11 is 0. The number of methoxy groups -OCH3 is 1. The average molecular weight is 197 g/mol. The Bertz CT molecular complexity index is 281. The number of para-hydroxylation sites is 1. The Hall–Kier alpha value is -1.09. The molecule has 1 rings (SSSR count). The molecule has 0 aromatic heterocycles. The lowest BCUT2D eigenvalue weighted by molar-refractivity contribution is 0.190. The summed E-state index contributed by atoms with van der Waals surface area (Å²) in [6, 6.07) is 5.15. The molecule has 1 aromatic carbocycles. The van der Waals surface area contributed by atoms with Crippen molar-refractivity contribution in [3.05, 3.63) is 29.6 Å². The summed E-state index contributed by atoms with van der Waals surface area (Å²) in [6.45, 7) is 4.40. The number of hydrogen-bond acceptors (Lipinski definition) is 2. The highest BCUT2D eigenvalue weighted by molar-refractivity contribution is 5.52. The van der Waals surface area contributed by atoms with Crippen LogP contribution in [0.4, 0.5) is 10.1 Å². The molecule has 2 nitrogen and oxygen atoms in total. The Morgan fingerprint density at radius 3 is 2.79 bits per heavy atom. The van der Waals surface area contributed by atoms with Crippen molar-refractivity contribution >= 4 is 5.69 Å². The first-order valence-electron chi connectivity index (χ1n) is 4.65. The Balaban J connectivity index is 2.75. The van der Waals surface area contributed by atoms with Crippen molar-refractivity contribution in [2.45, 2.75) is 19.9 Å². The van der Waals surface area contributed by atoms with Gasteiger partial charge in [-0.25, -0.2) is 4.39 Å². The molecule has 14 heavy (non-hydrogen) atoms. The van der Waals surface area contributed by atoms with E-state index in [9.17, 15) is 4.39 Å². The van der Waals surface area contributed by atoms with Crippen molar-refractivity contribution in [3.8, 4) is 0 Å². The van der Waals surface area contributed by atoms with Crippen LogP contribution in [0.5, 0.6) is 0 Å². The van der Waals surface area contributed by atoms with Crippen LogP contribution in [-0.2, 0) is 4.74 Å². The second-order valence-electron chi connectivity index (χ2n) is 3.43. The maximum Gasteiger partial charge on any atom is 0.146 e. The minimum absolute atomic E-state index is 0.107. The minimum atomic E-state index is -0.215. The van der Waals surface area contributed by atoms with Gasteiger partial charge < -0.3 is 10.1 Å². The van der Waals surface area contributed by atoms with Crippen LogP contribution in [0, 0.1) is 12.7 Å². The molecule has 0 fully saturated rings. The predicted octanol–water partition coefficient (Wildman–Crippen LogP) is 2.58. The molecule has 0 spiro atoms. The highest BCUT2D eigenvalue weighted by Gasteiger charge is 2.07. The monoisotopic (exact) mass is 197 g/mol. The Kier molecular flexibility index (Phi) is 3.89. The lowest BCUT2D eigenvalue weighted by Crippen LogP contribution is -2.22. The van der Waals surface area contributed by atoms with Crippen LogP contribution in [0.3, 0.4) is 0 Å². The third kappa shape index (κ3) is 2.70. The molecule has 3 heteroatoms. The van der Waals surface area contributed by atoms with Crippen molar-refractivity contribution < 1.29 is 9.13 Å². The quantitative estimate of drug-likeness (QED) is 0.801. The van der Waals surface area contributed by atoms with Gasteiger partial charge in [0.25, 0.3) is 0 Å². The maximum absolute atomic E-state index is 13.3. The second kappa shape index (κ2) is 4.96. The van der Waals surface area contributed by atoms with E-state index in [1.165, 1.54) is 6.07 Å². The molecule has 0 aliphatic heterocycles. The van der Waals surface area contributed by atoms with E-state index >= 15 is 0 Å². The van der Waals surface area contributed by atoms with Gasteiger partial charge in [-0.15, -0.1) is 0 Å². The fourth-order valence-electron chi connectivity index (χ4n) is 1.35. The van der Waals surface area contributed by atoms with E-state index in [2.05, 4.69) is 5.32 Å². The standard InChI is InChI=1S/C11H16FNO/c1-8-5-4-6-10(12)11(8)13-9(2)7-14-3/h4-6,9,13H,7H2,1-3H3. The molecule has 0 amide bonds. The van der Waals surface area contributed by atoms with Crippen LogP contribution in [0.15, 0.2) is 18.2 Å². The van der Waals surface area contributed by atoms with Crippen LogP contribution in [0.1, 0.15) is 12.5 Å². The summed E-state index contributed by atoms with van der Waals surface area (Å²) < 4.78 is 18.3. The van der Waals surface area contributed by atoms with Gasteiger partial charge in [-0.1, -0.05) is 12.1 Å². The third-order valence-corrected chi connectivity index (χ3v) is 2.03. The molecule has 1 atom stereocenters. The highest BCUT2D eigenvalue weighted by Crippen LogP contribution is 2.19. The van der Waals surface area contributed by atoms with Crippen molar-refractivity contribution in [2.75, 3.05) is 19.0 Å². The Morgan fingerprint density at radius 2 is 2.21 bits per heavy atom. The van der Waals surface area contributed by atoms with E-state index in [4.69, 9.17) is 4.74 Å². The van der Waals surface area contributed by atoms with Crippen molar-refractivity contribution in [1.29, 1.82) is 0 Å². The van der Waals surface area contributed by atoms with E-state index in [0.29, 0.717) is 12.3 Å². The summed E-state index contributed by atoms with van der Waals surface area (Å²) in [5, 5.41) is 3.08. The van der Waals surface area contributed by atoms with E-state index < -0.39 is 0 Å². The minimum Gasteiger partial charge on any atom is -0.383 e. The van der Waals surface area contributed by atoms with Gasteiger partial charge in [0, 0.05) is 13.2 Å². The van der Waals surface area contributed by atoms with Crippen molar-refractivity contribution in [1.82, 2.24) is 0 Å². The van der Waals surface area contributed by atoms with Crippen LogP contribution in [-0.4, -0.2) is 19.8 Å². The first kappa shape index (κ1) is 11.0. The number of hydrogen-bond donors (Lipinski definition) is 1. The van der Waals surface area contributed by atoms with Gasteiger partial charge in [-0.3, -0.25) is 0 Å². The van der Waals surface area contributed by atoms with E-state index in [-0.39, 0.29) is 11.9 Å². The van der Waals surface area contributed by atoms with Gasteiger partial charge in [0.2, 0.25) is 0 Å². The predicted molar refractivity (Wildman–Crippen MR) is 56.1 cm³/mol. The molecule has 1 aromatic rings. The van der Waals surface area contributed by atoms with Crippen LogP contribution in [0.2, 0.25) is 0 Å². The smallest absolute Gasteiger partial charge is 0.146 e. The normalized spacial score (nSPS) is 12.6. The molecule has 1 N–H and O–H groups in total. The second-order valence-corrected chi connectivity index (χ2v) is 3.43. The molecule has 0 heterocycles. The van der Waals surface area contributed by atoms with E-state index in [1.54, 1.807) is 13.2 Å². The number of benzene rings is 1. The van der Waals surface area contributed by atoms with Gasteiger partial charge in [-0.2, -0.15) is 0 Å². The maximum atomic E-state index is 13.3. The topological polar surface area (TPSA) is 21.3 Å². The van der Waals surface area contributed by atoms with Gasteiger partial charge in [0.15, 0.2) is 0 Å². The molecule has 0 aliphatic carbocycles. The molecule has 78 valence electrons. The fourth-order valence-corrected chi connectivity index (χ4v) is 1.35. The molecule has 0 saturated carbocycles. The molecular formula is C11H16FNO. The molecule has 0 radical (unpaired) electrons. The van der Waals surface area contributed by atoms with Gasteiger partial charge >= 0.3 is 0 Å². The van der Waals surface area contributed by atoms with E-state index in [0.717, 1.165) is 5.56 Å². The van der Waals surface area contributed by atoms with Crippen LogP contribution in [0.25, 0.3) is 0 Å². The van der Waals surface area contributed by atoms with Gasteiger partial charge in [0.1, 0.15) is 5.82 Å². The van der Waals surface area contributed by atoms with Crippen LogP contribution < -0.4 is 5.32 Å².